The summed E-state index contributed by atoms with van der Waals surface area (Å²) in [5.41, 5.74) is 1.43. The fourth-order valence-corrected chi connectivity index (χ4v) is 3.14. The fourth-order valence-electron chi connectivity index (χ4n) is 2.81. The highest BCUT2D eigenvalue weighted by molar-refractivity contribution is 7.80. The van der Waals surface area contributed by atoms with Crippen LogP contribution in [-0.4, -0.2) is 30.3 Å². The van der Waals surface area contributed by atoms with E-state index in [1.807, 2.05) is 0 Å². The average Bonchev–Trinajstić information content (AvgIpc) is 2.62. The van der Waals surface area contributed by atoms with E-state index >= 15 is 0 Å². The summed E-state index contributed by atoms with van der Waals surface area (Å²) in [5, 5.41) is 0. The topological polar surface area (TPSA) is 3.24 Å². The Morgan fingerprint density at radius 3 is 2.72 bits per heavy atom. The van der Waals surface area contributed by atoms with Gasteiger partial charge in [0.15, 0.2) is 0 Å². The Morgan fingerprint density at radius 2 is 2.00 bits per heavy atom. The van der Waals surface area contributed by atoms with Gasteiger partial charge in [0.25, 0.3) is 0 Å². The van der Waals surface area contributed by atoms with Gasteiger partial charge in [-0.25, -0.2) is 0 Å². The zero-order chi connectivity index (χ0) is 12.8. The molecule has 2 heteroatoms. The first kappa shape index (κ1) is 14.0. The van der Waals surface area contributed by atoms with Crippen LogP contribution in [-0.2, 0) is 0 Å². The molecule has 1 fully saturated rings. The van der Waals surface area contributed by atoms with E-state index in [1.165, 1.54) is 44.5 Å². The van der Waals surface area contributed by atoms with Crippen LogP contribution in [0.3, 0.4) is 0 Å². The van der Waals surface area contributed by atoms with Crippen LogP contribution in [0.5, 0.6) is 0 Å². The van der Waals surface area contributed by atoms with Crippen LogP contribution in [0, 0.1) is 5.92 Å². The highest BCUT2D eigenvalue weighted by Crippen LogP contribution is 2.22. The van der Waals surface area contributed by atoms with E-state index in [4.69, 9.17) is 0 Å². The molecule has 0 aliphatic carbocycles. The van der Waals surface area contributed by atoms with Crippen molar-refractivity contribution >= 4 is 12.6 Å². The number of benzene rings is 1. The molecule has 1 saturated heterocycles. The van der Waals surface area contributed by atoms with Crippen molar-refractivity contribution in [2.24, 2.45) is 5.92 Å². The number of hydrogen-bond acceptors (Lipinski definition) is 2. The molecular weight excluding hydrogens is 238 g/mol. The van der Waals surface area contributed by atoms with Crippen molar-refractivity contribution in [3.05, 3.63) is 35.9 Å². The Balaban J connectivity index is 1.94. The molecule has 0 N–H and O–H groups in total. The third-order valence-corrected chi connectivity index (χ3v) is 4.52. The molecule has 1 aromatic carbocycles. The average molecular weight is 263 g/mol. The Labute approximate surface area is 117 Å². The molecule has 0 amide bonds. The fraction of sp³-hybridized carbons (Fsp3) is 0.625. The van der Waals surface area contributed by atoms with Gasteiger partial charge in [0.2, 0.25) is 0 Å². The molecule has 0 spiro atoms. The van der Waals surface area contributed by atoms with Gasteiger partial charge in [-0.1, -0.05) is 37.3 Å². The summed E-state index contributed by atoms with van der Waals surface area (Å²) in [4.78, 5) is 2.64. The van der Waals surface area contributed by atoms with E-state index in [0.717, 1.165) is 11.7 Å². The maximum Gasteiger partial charge on any atom is 0.00581 e. The van der Waals surface area contributed by atoms with Gasteiger partial charge in [-0.2, -0.15) is 12.6 Å². The number of rotatable bonds is 4. The number of likely N-dealkylation sites (tertiary alicyclic amines) is 1. The Morgan fingerprint density at radius 1 is 1.22 bits per heavy atom. The minimum atomic E-state index is 0.572. The maximum atomic E-state index is 4.54. The highest BCUT2D eigenvalue weighted by atomic mass is 32.1. The zero-order valence-corrected chi connectivity index (χ0v) is 12.3. The lowest BCUT2D eigenvalue weighted by molar-refractivity contribution is 0.269. The largest absolute Gasteiger partial charge is 0.303 e. The molecule has 2 unspecified atom stereocenters. The summed E-state index contributed by atoms with van der Waals surface area (Å²) in [5.74, 6) is 2.42. The van der Waals surface area contributed by atoms with E-state index in [9.17, 15) is 0 Å². The molecule has 1 aliphatic heterocycles. The van der Waals surface area contributed by atoms with Gasteiger partial charge in [0.1, 0.15) is 0 Å². The molecule has 1 nitrogen and oxygen atoms in total. The van der Waals surface area contributed by atoms with Crippen molar-refractivity contribution in [1.82, 2.24) is 4.90 Å². The van der Waals surface area contributed by atoms with Gasteiger partial charge in [-0.05, 0) is 49.6 Å². The predicted octanol–water partition coefficient (Wildman–Crippen LogP) is 3.82. The molecule has 0 aromatic heterocycles. The maximum absolute atomic E-state index is 4.54. The van der Waals surface area contributed by atoms with Gasteiger partial charge in [0, 0.05) is 12.5 Å². The first-order chi connectivity index (χ1) is 8.79. The molecule has 1 heterocycles. The molecule has 2 rings (SSSR count). The van der Waals surface area contributed by atoms with Crippen molar-refractivity contribution in [3.8, 4) is 0 Å². The van der Waals surface area contributed by atoms with Gasteiger partial charge in [-0.15, -0.1) is 0 Å². The normalized spacial score (nSPS) is 23.6. The van der Waals surface area contributed by atoms with Crippen molar-refractivity contribution in [3.63, 3.8) is 0 Å². The van der Waals surface area contributed by atoms with E-state index in [0.29, 0.717) is 5.92 Å². The zero-order valence-electron chi connectivity index (χ0n) is 11.4. The molecule has 0 saturated carbocycles. The van der Waals surface area contributed by atoms with Gasteiger partial charge in [-0.3, -0.25) is 0 Å². The monoisotopic (exact) mass is 263 g/mol. The van der Waals surface area contributed by atoms with Gasteiger partial charge < -0.3 is 4.90 Å². The van der Waals surface area contributed by atoms with Crippen molar-refractivity contribution < 1.29 is 0 Å². The second kappa shape index (κ2) is 7.20. The Hall–Kier alpha value is -0.470. The second-order valence-corrected chi connectivity index (χ2v) is 5.99. The summed E-state index contributed by atoms with van der Waals surface area (Å²) >= 11 is 4.54. The molecule has 2 atom stereocenters. The minimum absolute atomic E-state index is 0.572. The minimum Gasteiger partial charge on any atom is -0.303 e. The molecule has 100 valence electrons. The van der Waals surface area contributed by atoms with E-state index < -0.39 is 0 Å². The summed E-state index contributed by atoms with van der Waals surface area (Å²) in [6, 6.07) is 10.8. The number of thiol groups is 1. The SMILES string of the molecule is CC1CCCN(CC(CS)c2ccccc2)CC1. The van der Waals surface area contributed by atoms with Gasteiger partial charge >= 0.3 is 0 Å². The summed E-state index contributed by atoms with van der Waals surface area (Å²) in [6.07, 6.45) is 4.11. The smallest absolute Gasteiger partial charge is 0.00581 e. The van der Waals surface area contributed by atoms with Crippen LogP contribution in [0.25, 0.3) is 0 Å². The molecule has 1 aliphatic rings. The molecule has 0 radical (unpaired) electrons. The quantitative estimate of drug-likeness (QED) is 0.808. The molecule has 0 bridgehead atoms. The van der Waals surface area contributed by atoms with Crippen molar-refractivity contribution in [1.29, 1.82) is 0 Å². The number of hydrogen-bond donors (Lipinski definition) is 1. The third-order valence-electron chi connectivity index (χ3n) is 4.08. The van der Waals surface area contributed by atoms with Crippen LogP contribution in [0.15, 0.2) is 30.3 Å². The van der Waals surface area contributed by atoms with Crippen LogP contribution in [0.1, 0.15) is 37.7 Å². The lowest BCUT2D eigenvalue weighted by Crippen LogP contribution is -2.30. The van der Waals surface area contributed by atoms with E-state index in [2.05, 4.69) is 54.8 Å². The van der Waals surface area contributed by atoms with Crippen molar-refractivity contribution in [2.45, 2.75) is 32.1 Å². The molecular formula is C16H25NS. The van der Waals surface area contributed by atoms with Crippen LogP contribution < -0.4 is 0 Å². The summed E-state index contributed by atoms with van der Waals surface area (Å²) in [6.45, 7) is 6.08. The summed E-state index contributed by atoms with van der Waals surface area (Å²) < 4.78 is 0. The standard InChI is InChI=1S/C16H25NS/c1-14-6-5-10-17(11-9-14)12-16(13-18)15-7-3-2-4-8-15/h2-4,7-8,14,16,18H,5-6,9-13H2,1H3. The van der Waals surface area contributed by atoms with E-state index in [-0.39, 0.29) is 0 Å². The second-order valence-electron chi connectivity index (χ2n) is 5.63. The first-order valence-corrected chi connectivity index (χ1v) is 7.81. The summed E-state index contributed by atoms with van der Waals surface area (Å²) in [7, 11) is 0. The number of nitrogens with zero attached hydrogens (tertiary/aromatic N) is 1. The van der Waals surface area contributed by atoms with Crippen LogP contribution in [0.2, 0.25) is 0 Å². The van der Waals surface area contributed by atoms with E-state index in [1.54, 1.807) is 0 Å². The Bertz CT molecular complexity index is 338. The molecule has 18 heavy (non-hydrogen) atoms. The molecule has 1 aromatic rings. The lowest BCUT2D eigenvalue weighted by Gasteiger charge is -2.25. The van der Waals surface area contributed by atoms with Crippen molar-refractivity contribution in [2.75, 3.05) is 25.4 Å². The van der Waals surface area contributed by atoms with Crippen LogP contribution >= 0.6 is 12.6 Å². The van der Waals surface area contributed by atoms with Gasteiger partial charge in [0.05, 0.1) is 0 Å². The predicted molar refractivity (Wildman–Crippen MR) is 82.5 cm³/mol. The highest BCUT2D eigenvalue weighted by Gasteiger charge is 2.18. The lowest BCUT2D eigenvalue weighted by atomic mass is 10.0. The Kier molecular flexibility index (Phi) is 5.58. The first-order valence-electron chi connectivity index (χ1n) is 7.17. The third kappa shape index (κ3) is 4.03. The van der Waals surface area contributed by atoms with Crippen LogP contribution in [0.4, 0.5) is 0 Å².